The molecule has 7 heavy (non-hydrogen) atoms. The molecular weight excluding hydrogens is 90.1 g/mol. The van der Waals surface area contributed by atoms with Gasteiger partial charge in [0.05, 0.1) is 0 Å². The highest BCUT2D eigenvalue weighted by atomic mass is 16.1. The summed E-state index contributed by atoms with van der Waals surface area (Å²) in [6.07, 6.45) is 0.889. The minimum absolute atomic E-state index is 0.387. The topological polar surface area (TPSA) is 43.1 Å². The van der Waals surface area contributed by atoms with Crippen LogP contribution in [0.5, 0.6) is 0 Å². The van der Waals surface area contributed by atoms with Gasteiger partial charge in [0.2, 0.25) is 0 Å². The Hall–Kier alpha value is -0.590. The van der Waals surface area contributed by atoms with Crippen LogP contribution in [0.25, 0.3) is 0 Å². The van der Waals surface area contributed by atoms with E-state index in [1.165, 1.54) is 0 Å². The molecule has 2 nitrogen and oxygen atoms in total. The highest BCUT2D eigenvalue weighted by molar-refractivity contribution is 5.59. The maximum Gasteiger partial charge on any atom is 0.123 e. The van der Waals surface area contributed by atoms with E-state index >= 15 is 0 Å². The third-order valence-corrected chi connectivity index (χ3v) is 1.21. The number of hydrogen-bond donors (Lipinski definition) is 1. The molecule has 0 bridgehead atoms. The summed E-state index contributed by atoms with van der Waals surface area (Å²) in [5, 5.41) is 0. The van der Waals surface area contributed by atoms with Crippen LogP contribution in [0.15, 0.2) is 5.57 Å². The summed E-state index contributed by atoms with van der Waals surface area (Å²) in [7, 11) is 0. The van der Waals surface area contributed by atoms with E-state index in [-0.39, 0.29) is 0 Å². The lowest BCUT2D eigenvalue weighted by molar-refractivity contribution is 0.568. The fourth-order valence-corrected chi connectivity index (χ4v) is 0.557. The molecule has 1 fully saturated rings. The quantitative estimate of drug-likeness (QED) is 0.457. The molecule has 2 heteroatoms. The van der Waals surface area contributed by atoms with E-state index in [2.05, 4.69) is 0 Å². The first kappa shape index (κ1) is 4.57. The van der Waals surface area contributed by atoms with Gasteiger partial charge in [-0.05, 0) is 13.0 Å². The summed E-state index contributed by atoms with van der Waals surface area (Å²) >= 11 is 0. The lowest BCUT2D eigenvalue weighted by Crippen LogP contribution is -1.99. The molecule has 0 aromatic rings. The van der Waals surface area contributed by atoms with Crippen molar-refractivity contribution < 1.29 is 4.79 Å². The first-order chi connectivity index (χ1) is 3.38. The van der Waals surface area contributed by atoms with Crippen LogP contribution in [0.1, 0.15) is 6.42 Å². The fourth-order valence-electron chi connectivity index (χ4n) is 0.557. The molecule has 1 unspecified atom stereocenters. The molecule has 0 radical (unpaired) electrons. The SMILES string of the molecule is NCC1CC1=C=O. The van der Waals surface area contributed by atoms with Crippen molar-refractivity contribution in [2.75, 3.05) is 6.54 Å². The molecule has 1 saturated carbocycles. The van der Waals surface area contributed by atoms with Gasteiger partial charge in [0.1, 0.15) is 5.94 Å². The van der Waals surface area contributed by atoms with Crippen LogP contribution in [0.2, 0.25) is 0 Å². The van der Waals surface area contributed by atoms with E-state index in [4.69, 9.17) is 5.73 Å². The van der Waals surface area contributed by atoms with Crippen LogP contribution in [0, 0.1) is 5.92 Å². The Morgan fingerprint density at radius 1 is 2.00 bits per heavy atom. The third kappa shape index (κ3) is 0.710. The second-order valence-electron chi connectivity index (χ2n) is 1.76. The van der Waals surface area contributed by atoms with Crippen molar-refractivity contribution in [3.8, 4) is 0 Å². The van der Waals surface area contributed by atoms with Crippen molar-refractivity contribution in [1.29, 1.82) is 0 Å². The molecule has 0 spiro atoms. The third-order valence-electron chi connectivity index (χ3n) is 1.21. The summed E-state index contributed by atoms with van der Waals surface area (Å²) in [6, 6.07) is 0. The number of rotatable bonds is 1. The van der Waals surface area contributed by atoms with E-state index in [0.29, 0.717) is 12.5 Å². The Kier molecular flexibility index (Phi) is 0.970. The summed E-state index contributed by atoms with van der Waals surface area (Å²) in [4.78, 5) is 9.72. The van der Waals surface area contributed by atoms with Crippen LogP contribution in [-0.4, -0.2) is 12.5 Å². The fraction of sp³-hybridized carbons (Fsp3) is 0.600. The number of hydrogen-bond acceptors (Lipinski definition) is 2. The molecule has 0 aromatic carbocycles. The molecule has 0 aliphatic heterocycles. The van der Waals surface area contributed by atoms with E-state index in [1.54, 1.807) is 0 Å². The predicted molar refractivity (Wildman–Crippen MR) is 26.4 cm³/mol. The predicted octanol–water partition coefficient (Wildman–Crippen LogP) is -0.277. The Labute approximate surface area is 42.0 Å². The summed E-state index contributed by atoms with van der Waals surface area (Å²) in [5.41, 5.74) is 6.06. The van der Waals surface area contributed by atoms with Gasteiger partial charge < -0.3 is 5.73 Å². The summed E-state index contributed by atoms with van der Waals surface area (Å²) in [5.74, 6) is 2.21. The molecule has 2 N–H and O–H groups in total. The van der Waals surface area contributed by atoms with Crippen molar-refractivity contribution in [1.82, 2.24) is 0 Å². The van der Waals surface area contributed by atoms with Crippen LogP contribution in [0.4, 0.5) is 0 Å². The number of nitrogens with two attached hydrogens (primary N) is 1. The van der Waals surface area contributed by atoms with E-state index in [0.717, 1.165) is 12.0 Å². The molecule has 0 heterocycles. The summed E-state index contributed by atoms with van der Waals surface area (Å²) in [6.45, 7) is 0.616. The standard InChI is InChI=1S/C5H7NO/c6-2-4-1-5(4)3-7/h4H,1-2,6H2. The lowest BCUT2D eigenvalue weighted by atomic mass is 10.4. The average molecular weight is 97.1 g/mol. The summed E-state index contributed by atoms with van der Waals surface area (Å²) < 4.78 is 0. The van der Waals surface area contributed by atoms with Gasteiger partial charge in [0, 0.05) is 11.5 Å². The second-order valence-corrected chi connectivity index (χ2v) is 1.76. The minimum atomic E-state index is 0.387. The molecule has 0 aromatic heterocycles. The van der Waals surface area contributed by atoms with Gasteiger partial charge >= 0.3 is 0 Å². The first-order valence-electron chi connectivity index (χ1n) is 2.32. The van der Waals surface area contributed by atoms with Gasteiger partial charge in [-0.15, -0.1) is 0 Å². The lowest BCUT2D eigenvalue weighted by Gasteiger charge is -1.74. The highest BCUT2D eigenvalue weighted by Crippen LogP contribution is 2.33. The Morgan fingerprint density at radius 2 is 2.71 bits per heavy atom. The Balaban J connectivity index is 2.45. The molecule has 0 saturated heterocycles. The van der Waals surface area contributed by atoms with E-state index < -0.39 is 0 Å². The molecule has 38 valence electrons. The van der Waals surface area contributed by atoms with Gasteiger partial charge in [-0.1, -0.05) is 0 Å². The van der Waals surface area contributed by atoms with Crippen molar-refractivity contribution in [3.63, 3.8) is 0 Å². The maximum absolute atomic E-state index is 9.72. The van der Waals surface area contributed by atoms with Crippen LogP contribution >= 0.6 is 0 Å². The minimum Gasteiger partial charge on any atom is -0.330 e. The zero-order valence-electron chi connectivity index (χ0n) is 3.98. The first-order valence-corrected chi connectivity index (χ1v) is 2.32. The molecule has 1 aliphatic rings. The highest BCUT2D eigenvalue weighted by Gasteiger charge is 2.28. The van der Waals surface area contributed by atoms with Crippen molar-refractivity contribution in [3.05, 3.63) is 5.57 Å². The van der Waals surface area contributed by atoms with Crippen LogP contribution in [-0.2, 0) is 4.79 Å². The zero-order chi connectivity index (χ0) is 5.28. The Morgan fingerprint density at radius 3 is 2.86 bits per heavy atom. The van der Waals surface area contributed by atoms with Crippen molar-refractivity contribution >= 4 is 5.94 Å². The smallest absolute Gasteiger partial charge is 0.123 e. The molecule has 0 amide bonds. The van der Waals surface area contributed by atoms with Gasteiger partial charge in [0.15, 0.2) is 0 Å². The van der Waals surface area contributed by atoms with Gasteiger partial charge in [-0.3, -0.25) is 0 Å². The van der Waals surface area contributed by atoms with Crippen LogP contribution < -0.4 is 5.73 Å². The second kappa shape index (κ2) is 1.49. The van der Waals surface area contributed by atoms with Crippen molar-refractivity contribution in [2.45, 2.75) is 6.42 Å². The molecule has 1 atom stereocenters. The normalized spacial score (nSPS) is 27.0. The largest absolute Gasteiger partial charge is 0.330 e. The van der Waals surface area contributed by atoms with Gasteiger partial charge in [-0.25, -0.2) is 4.79 Å². The van der Waals surface area contributed by atoms with Gasteiger partial charge in [-0.2, -0.15) is 0 Å². The van der Waals surface area contributed by atoms with Gasteiger partial charge in [0.25, 0.3) is 0 Å². The monoisotopic (exact) mass is 97.1 g/mol. The molecular formula is C5H7NO. The molecule has 1 rings (SSSR count). The molecule has 1 aliphatic carbocycles. The maximum atomic E-state index is 9.72. The van der Waals surface area contributed by atoms with E-state index in [9.17, 15) is 4.79 Å². The van der Waals surface area contributed by atoms with Crippen LogP contribution in [0.3, 0.4) is 0 Å². The average Bonchev–Trinajstić information content (AvgIpc) is 2.43. The Bertz CT molecular complexity index is 124. The zero-order valence-corrected chi connectivity index (χ0v) is 3.98. The van der Waals surface area contributed by atoms with E-state index in [1.807, 2.05) is 5.94 Å². The van der Waals surface area contributed by atoms with Crippen molar-refractivity contribution in [2.24, 2.45) is 11.7 Å². The number of carbonyl (C=O) groups excluding carboxylic acids is 1.